The fourth-order valence-corrected chi connectivity index (χ4v) is 7.74. The summed E-state index contributed by atoms with van der Waals surface area (Å²) in [6, 6.07) is 6.39. The molecule has 53 heavy (non-hydrogen) atoms. The molecule has 0 spiro atoms. The van der Waals surface area contributed by atoms with Gasteiger partial charge in [0.25, 0.3) is 18.1 Å². The number of nitrogens with zero attached hydrogens (tertiary/aromatic N) is 6. The Morgan fingerprint density at radius 2 is 1.87 bits per heavy atom. The van der Waals surface area contributed by atoms with Crippen LogP contribution >= 0.6 is 0 Å². The van der Waals surface area contributed by atoms with E-state index in [1.54, 1.807) is 18.2 Å². The third-order valence-electron chi connectivity index (χ3n) is 9.31. The van der Waals surface area contributed by atoms with Gasteiger partial charge < -0.3 is 11.1 Å². The van der Waals surface area contributed by atoms with Crippen LogP contribution in [0.4, 0.5) is 42.2 Å². The summed E-state index contributed by atoms with van der Waals surface area (Å²) in [7, 11) is -2.28. The number of carbonyl (C=O) groups is 1. The topological polar surface area (TPSA) is 171 Å². The van der Waals surface area contributed by atoms with Crippen LogP contribution < -0.4 is 15.8 Å². The van der Waals surface area contributed by atoms with E-state index in [9.17, 15) is 40.4 Å². The second kappa shape index (κ2) is 12.2. The van der Waals surface area contributed by atoms with Gasteiger partial charge in [-0.2, -0.15) is 32.3 Å². The zero-order chi connectivity index (χ0) is 38.4. The highest BCUT2D eigenvalue weighted by Gasteiger charge is 2.75. The second-order valence-electron chi connectivity index (χ2n) is 13.1. The van der Waals surface area contributed by atoms with Crippen molar-refractivity contribution in [2.75, 3.05) is 23.3 Å². The van der Waals surface area contributed by atoms with E-state index in [0.717, 1.165) is 18.4 Å². The lowest BCUT2D eigenvalue weighted by atomic mass is 9.93. The lowest BCUT2D eigenvalue weighted by molar-refractivity contribution is -0.549. The Bertz CT molecular complexity index is 2440. The molecule has 276 valence electrons. The van der Waals surface area contributed by atoms with Crippen molar-refractivity contribution in [2.45, 2.75) is 37.0 Å². The van der Waals surface area contributed by atoms with Crippen LogP contribution in [-0.4, -0.2) is 64.7 Å². The zero-order valence-corrected chi connectivity index (χ0v) is 28.3. The van der Waals surface area contributed by atoms with Gasteiger partial charge in [-0.1, -0.05) is 16.8 Å². The Kier molecular flexibility index (Phi) is 8.28. The van der Waals surface area contributed by atoms with Crippen molar-refractivity contribution in [1.29, 1.82) is 5.26 Å². The van der Waals surface area contributed by atoms with Crippen LogP contribution in [0.15, 0.2) is 58.8 Å². The van der Waals surface area contributed by atoms with Crippen LogP contribution in [0.3, 0.4) is 0 Å². The van der Waals surface area contributed by atoms with Gasteiger partial charge in [-0.15, -0.1) is 0 Å². The second-order valence-corrected chi connectivity index (χ2v) is 14.9. The average Bonchev–Trinajstić information content (AvgIpc) is 3.59. The number of aryl methyl sites for hydroxylation is 1. The number of amides is 1. The first-order valence-corrected chi connectivity index (χ1v) is 17.7. The van der Waals surface area contributed by atoms with Gasteiger partial charge in [0.2, 0.25) is 16.1 Å². The monoisotopic (exact) mass is 762 g/mol. The molecule has 1 amide bonds. The summed E-state index contributed by atoms with van der Waals surface area (Å²) < 4.78 is 129. The van der Waals surface area contributed by atoms with E-state index in [0.29, 0.717) is 27.2 Å². The number of rotatable bonds is 9. The number of allylic oxidation sites excluding steroid dienone is 1. The molecular weight excluding hydrogens is 735 g/mol. The molecule has 2 aromatic carbocycles. The number of benzene rings is 2. The zero-order valence-electron chi connectivity index (χ0n) is 27.5. The summed E-state index contributed by atoms with van der Waals surface area (Å²) >= 11 is 0. The van der Waals surface area contributed by atoms with Crippen LogP contribution in [0.2, 0.25) is 0 Å². The molecule has 0 radical (unpaired) electrons. The fraction of sp³-hybridized carbons (Fsp3) is 0.333. The number of hydrogen-bond donors (Lipinski definition) is 3. The third-order valence-corrected chi connectivity index (χ3v) is 9.87. The molecule has 3 aliphatic rings. The summed E-state index contributed by atoms with van der Waals surface area (Å²) in [5.41, 5.74) is 4.80. The van der Waals surface area contributed by atoms with Crippen LogP contribution in [0.1, 0.15) is 29.4 Å². The van der Waals surface area contributed by atoms with Crippen LogP contribution in [0, 0.1) is 34.8 Å². The Labute approximate surface area is 295 Å². The lowest BCUT2D eigenvalue weighted by Gasteiger charge is -2.22. The van der Waals surface area contributed by atoms with Gasteiger partial charge in [-0.25, -0.2) is 22.2 Å². The first-order valence-electron chi connectivity index (χ1n) is 15.8. The van der Waals surface area contributed by atoms with Gasteiger partial charge >= 0.3 is 12.1 Å². The quantitative estimate of drug-likeness (QED) is 0.158. The molecule has 1 fully saturated rings. The van der Waals surface area contributed by atoms with Gasteiger partial charge in [-0.05, 0) is 53.7 Å². The first kappa shape index (κ1) is 35.8. The summed E-state index contributed by atoms with van der Waals surface area (Å²) in [6.45, 7) is -1.08. The number of alkyl halides is 5. The van der Waals surface area contributed by atoms with Gasteiger partial charge in [-0.3, -0.25) is 14.2 Å². The number of fused-ring (bicyclic) bond motifs is 3. The number of nitrogens with two attached hydrogens (primary N) is 1. The molecule has 4 N–H and O–H groups in total. The van der Waals surface area contributed by atoms with E-state index in [1.165, 1.54) is 17.8 Å². The number of sulfonamides is 1. The molecule has 7 rings (SSSR count). The normalized spacial score (nSPS) is 20.8. The van der Waals surface area contributed by atoms with Crippen molar-refractivity contribution < 1.29 is 48.6 Å². The van der Waals surface area contributed by atoms with Crippen molar-refractivity contribution >= 4 is 38.3 Å². The molecular formula is C33H27F7N9O3S+. The van der Waals surface area contributed by atoms with Gasteiger partial charge in [0.15, 0.2) is 11.5 Å². The van der Waals surface area contributed by atoms with Crippen molar-refractivity contribution in [2.24, 2.45) is 24.0 Å². The molecule has 1 saturated carbocycles. The minimum atomic E-state index is -5.00. The maximum Gasteiger partial charge on any atom is 0.420 e. The van der Waals surface area contributed by atoms with Crippen molar-refractivity contribution in [1.82, 2.24) is 20.1 Å². The molecule has 4 atom stereocenters. The Balaban J connectivity index is 1.34. The number of azo groups is 2. The number of halogens is 7. The molecule has 0 bridgehead atoms. The number of nitrogens with one attached hydrogen (secondary N) is 2. The number of nitrogen functional groups attached to an aromatic ring is 1. The highest BCUT2D eigenvalue weighted by molar-refractivity contribution is 7.92. The number of anilines is 2. The van der Waals surface area contributed by atoms with E-state index in [-0.39, 0.29) is 40.4 Å². The predicted molar refractivity (Wildman–Crippen MR) is 173 cm³/mol. The summed E-state index contributed by atoms with van der Waals surface area (Å²) in [4.78, 5) is 18.1. The Morgan fingerprint density at radius 1 is 1.17 bits per heavy atom. The first-order chi connectivity index (χ1) is 24.8. The Morgan fingerprint density at radius 3 is 2.51 bits per heavy atom. The average molecular weight is 763 g/mol. The van der Waals surface area contributed by atoms with Crippen LogP contribution in [-0.2, 0) is 28.3 Å². The number of para-hydroxylation sites is 1. The molecule has 2 aliphatic carbocycles. The number of aromatic nitrogens is 3. The van der Waals surface area contributed by atoms with Crippen molar-refractivity contribution in [3.63, 3.8) is 0 Å². The highest BCUT2D eigenvalue weighted by Crippen LogP contribution is 2.66. The summed E-state index contributed by atoms with van der Waals surface area (Å²) in [6.07, 6.45) is -4.63. The maximum absolute atomic E-state index is 15.3. The Hall–Kier alpha value is -5.58. The maximum atomic E-state index is 15.3. The number of hydrogen-bond acceptors (Lipinski definition) is 8. The van der Waals surface area contributed by atoms with E-state index in [1.807, 2.05) is 6.07 Å². The van der Waals surface area contributed by atoms with E-state index >= 15 is 8.78 Å². The largest absolute Gasteiger partial charge is 0.420 e. The molecule has 4 aromatic rings. The minimum absolute atomic E-state index is 0.0235. The van der Waals surface area contributed by atoms with E-state index < -0.39 is 87.8 Å². The molecule has 12 nitrogen and oxygen atoms in total. The lowest BCUT2D eigenvalue weighted by Crippen LogP contribution is -2.38. The fourth-order valence-electron chi connectivity index (χ4n) is 7.23. The molecule has 1 aliphatic heterocycles. The van der Waals surface area contributed by atoms with Gasteiger partial charge in [0, 0.05) is 41.1 Å². The predicted octanol–water partition coefficient (Wildman–Crippen LogP) is 5.09. The SMILES string of the molecule is Cn1nc(NS(C)(=O)=O)c2cccc(-c3cc(N)c(C#N)nc3[C@H](Cc3cc(F)cc(F)c3)NC(=O)C[N+]3=NC(C(F)(F)F)C4=C3C(F)(F)[C@@H]3C[C@H]43)c21. The highest BCUT2D eigenvalue weighted by atomic mass is 32.2. The molecule has 1 unspecified atom stereocenters. The molecule has 3 heterocycles. The molecule has 20 heteroatoms. The van der Waals surface area contributed by atoms with Crippen LogP contribution in [0.5, 0.6) is 0 Å². The number of pyridine rings is 1. The van der Waals surface area contributed by atoms with Gasteiger partial charge in [0.1, 0.15) is 17.7 Å². The van der Waals surface area contributed by atoms with Crippen molar-refractivity contribution in [3.05, 3.63) is 82.3 Å². The third kappa shape index (κ3) is 6.42. The summed E-state index contributed by atoms with van der Waals surface area (Å²) in [5, 5.41) is 20.5. The van der Waals surface area contributed by atoms with E-state index in [4.69, 9.17) is 5.73 Å². The summed E-state index contributed by atoms with van der Waals surface area (Å²) in [5.74, 6) is -9.12. The standard InChI is InChI=1S/C33H26F7N9O3S/c1-48-28-17(4-3-5-18(28)31(46-48)47-53(2,51)52)19-11-22(42)24(12-41)44-27(19)23(8-14-6-15(34)9-16(35)7-14)43-25(50)13-49-30-26(29(45-49)33(38,39)40)20-10-21(20)32(30,36)37/h3-7,9,11,20-21,23,29H,8,10,13,42H2,1-2H3,(H-,43,46,47,50)/p+1/t20-,21+,23-,29?/m0/s1. The smallest absolute Gasteiger partial charge is 0.396 e. The van der Waals surface area contributed by atoms with E-state index in [2.05, 4.69) is 25.2 Å². The minimum Gasteiger partial charge on any atom is -0.396 e. The van der Waals surface area contributed by atoms with Crippen molar-refractivity contribution in [3.8, 4) is 17.2 Å². The van der Waals surface area contributed by atoms with Gasteiger partial charge in [0.05, 0.1) is 29.2 Å². The van der Waals surface area contributed by atoms with Crippen LogP contribution in [0.25, 0.3) is 22.0 Å². The molecule has 2 aromatic heterocycles. The number of nitriles is 1. The number of carbonyl (C=O) groups excluding carboxylic acids is 1. The molecule has 0 saturated heterocycles.